The van der Waals surface area contributed by atoms with E-state index >= 15 is 0 Å². The number of amides is 2. The largest absolute Gasteiger partial charge is 0.493 e. The number of hydrogen-bond donors (Lipinski definition) is 1. The summed E-state index contributed by atoms with van der Waals surface area (Å²) >= 11 is 1.70. The number of ether oxygens (including phenoxy) is 2. The van der Waals surface area contributed by atoms with Gasteiger partial charge >= 0.3 is 6.03 Å². The molecule has 2 heterocycles. The molecule has 1 aliphatic rings. The third-order valence-corrected chi connectivity index (χ3v) is 7.03. The molecule has 1 N–H and O–H groups in total. The zero-order chi connectivity index (χ0) is 24.4. The number of benzene rings is 3. The van der Waals surface area contributed by atoms with Gasteiger partial charge in [0.05, 0.1) is 32.5 Å². The number of fused-ring (bicyclic) bond motifs is 3. The highest BCUT2D eigenvalue weighted by atomic mass is 32.2. The molecule has 0 radical (unpaired) electrons. The molecule has 3 aromatic carbocycles. The lowest BCUT2D eigenvalue weighted by atomic mass is 10.0. The third-order valence-electron chi connectivity index (χ3n) is 6.29. The average Bonchev–Trinajstić information content (AvgIpc) is 3.33. The van der Waals surface area contributed by atoms with Crippen LogP contribution in [-0.4, -0.2) is 36.0 Å². The van der Waals surface area contributed by atoms with Crippen LogP contribution >= 0.6 is 11.8 Å². The maximum Gasteiger partial charge on any atom is 0.322 e. The number of carbonyl (C=O) groups excluding carboxylic acids is 1. The van der Waals surface area contributed by atoms with Crippen LogP contribution in [0.25, 0.3) is 5.69 Å². The molecule has 1 aliphatic heterocycles. The summed E-state index contributed by atoms with van der Waals surface area (Å²) in [6, 6.07) is 25.7. The van der Waals surface area contributed by atoms with E-state index in [0.717, 1.165) is 22.5 Å². The minimum Gasteiger partial charge on any atom is -0.493 e. The smallest absolute Gasteiger partial charge is 0.322 e. The van der Waals surface area contributed by atoms with Crippen molar-refractivity contribution < 1.29 is 14.3 Å². The van der Waals surface area contributed by atoms with Gasteiger partial charge in [-0.15, -0.1) is 11.8 Å². The molecular formula is C28H27N3O3S. The Kier molecular flexibility index (Phi) is 6.42. The summed E-state index contributed by atoms with van der Waals surface area (Å²) in [6.07, 6.45) is 4.12. The normalized spacial score (nSPS) is 14.5. The van der Waals surface area contributed by atoms with Gasteiger partial charge in [0.1, 0.15) is 0 Å². The average molecular weight is 486 g/mol. The summed E-state index contributed by atoms with van der Waals surface area (Å²) in [5, 5.41) is 3.08. The van der Waals surface area contributed by atoms with Crippen LogP contribution in [0.2, 0.25) is 0 Å². The molecule has 2 amide bonds. The number of rotatable bonds is 5. The van der Waals surface area contributed by atoms with E-state index < -0.39 is 0 Å². The molecule has 0 saturated carbocycles. The standard InChI is InChI=1S/C28H27N3O3S/c1-33-25-15-12-21(17-26(25)34-2)29-28(32)31-18-20-7-4-5-8-23(20)30-16-6-9-24(30)27(31)19-10-13-22(35-3)14-11-19/h4-17,27H,18H2,1-3H3,(H,29,32)/t27-/m1/s1. The number of anilines is 1. The van der Waals surface area contributed by atoms with E-state index in [2.05, 4.69) is 64.8 Å². The van der Waals surface area contributed by atoms with Crippen molar-refractivity contribution in [2.24, 2.45) is 0 Å². The molecular weight excluding hydrogens is 458 g/mol. The van der Waals surface area contributed by atoms with Crippen LogP contribution in [0.4, 0.5) is 10.5 Å². The van der Waals surface area contributed by atoms with Crippen molar-refractivity contribution in [1.29, 1.82) is 0 Å². The minimum atomic E-state index is -0.270. The minimum absolute atomic E-state index is 0.194. The lowest BCUT2D eigenvalue weighted by Crippen LogP contribution is -2.37. The van der Waals surface area contributed by atoms with Crippen molar-refractivity contribution in [2.45, 2.75) is 17.5 Å². The van der Waals surface area contributed by atoms with Crippen molar-refractivity contribution in [3.63, 3.8) is 0 Å². The van der Waals surface area contributed by atoms with E-state index in [-0.39, 0.29) is 12.1 Å². The summed E-state index contributed by atoms with van der Waals surface area (Å²) in [6.45, 7) is 0.464. The summed E-state index contributed by atoms with van der Waals surface area (Å²) in [7, 11) is 3.17. The van der Waals surface area contributed by atoms with Crippen molar-refractivity contribution in [2.75, 3.05) is 25.8 Å². The number of para-hydroxylation sites is 1. The first-order chi connectivity index (χ1) is 17.1. The second kappa shape index (κ2) is 9.80. The van der Waals surface area contributed by atoms with E-state index in [0.29, 0.717) is 23.7 Å². The molecule has 0 bridgehead atoms. The van der Waals surface area contributed by atoms with Gasteiger partial charge in [0.2, 0.25) is 0 Å². The van der Waals surface area contributed by atoms with Gasteiger partial charge in [-0.1, -0.05) is 30.3 Å². The lowest BCUT2D eigenvalue weighted by Gasteiger charge is -2.31. The van der Waals surface area contributed by atoms with Gasteiger partial charge in [-0.2, -0.15) is 0 Å². The van der Waals surface area contributed by atoms with Crippen LogP contribution in [0.5, 0.6) is 11.5 Å². The molecule has 1 atom stereocenters. The van der Waals surface area contributed by atoms with E-state index in [4.69, 9.17) is 9.47 Å². The number of thioether (sulfide) groups is 1. The van der Waals surface area contributed by atoms with Gasteiger partial charge in [-0.25, -0.2) is 4.79 Å². The maximum absolute atomic E-state index is 13.9. The summed E-state index contributed by atoms with van der Waals surface area (Å²) in [5.74, 6) is 1.17. The number of methoxy groups -OCH3 is 2. The van der Waals surface area contributed by atoms with Crippen molar-refractivity contribution in [1.82, 2.24) is 9.47 Å². The number of nitrogens with zero attached hydrogens (tertiary/aromatic N) is 2. The zero-order valence-electron chi connectivity index (χ0n) is 19.9. The van der Waals surface area contributed by atoms with Crippen LogP contribution in [0.1, 0.15) is 22.9 Å². The molecule has 4 aromatic rings. The van der Waals surface area contributed by atoms with Gasteiger partial charge in [0.15, 0.2) is 11.5 Å². The first-order valence-corrected chi connectivity index (χ1v) is 12.5. The highest BCUT2D eigenvalue weighted by Crippen LogP contribution is 2.38. The van der Waals surface area contributed by atoms with Crippen LogP contribution in [-0.2, 0) is 6.54 Å². The Balaban J connectivity index is 1.58. The SMILES string of the molecule is COc1ccc(NC(=O)N2Cc3ccccc3-n3cccc3[C@H]2c2ccc(SC)cc2)cc1OC. The molecule has 178 valence electrons. The summed E-state index contributed by atoms with van der Waals surface area (Å²) in [5.41, 5.74) is 4.89. The molecule has 0 unspecified atom stereocenters. The summed E-state index contributed by atoms with van der Waals surface area (Å²) < 4.78 is 12.9. The van der Waals surface area contributed by atoms with Crippen LogP contribution in [0.15, 0.2) is 90.0 Å². The highest BCUT2D eigenvalue weighted by molar-refractivity contribution is 7.98. The first-order valence-electron chi connectivity index (χ1n) is 11.3. The molecule has 5 rings (SSSR count). The molecule has 0 aliphatic carbocycles. The predicted molar refractivity (Wildman–Crippen MR) is 140 cm³/mol. The Morgan fingerprint density at radius 3 is 2.46 bits per heavy atom. The van der Waals surface area contributed by atoms with E-state index in [1.54, 1.807) is 38.1 Å². The predicted octanol–water partition coefficient (Wildman–Crippen LogP) is 6.35. The number of urea groups is 1. The highest BCUT2D eigenvalue weighted by Gasteiger charge is 2.33. The van der Waals surface area contributed by atoms with Gasteiger partial charge in [0.25, 0.3) is 0 Å². The number of carbonyl (C=O) groups is 1. The van der Waals surface area contributed by atoms with Gasteiger partial charge in [-0.05, 0) is 59.8 Å². The fraction of sp³-hybridized carbons (Fsp3) is 0.179. The van der Waals surface area contributed by atoms with Crippen molar-refractivity contribution >= 4 is 23.5 Å². The quantitative estimate of drug-likeness (QED) is 0.335. The molecule has 6 nitrogen and oxygen atoms in total. The number of nitrogens with one attached hydrogen (secondary N) is 1. The van der Waals surface area contributed by atoms with E-state index in [9.17, 15) is 4.79 Å². The second-order valence-corrected chi connectivity index (χ2v) is 9.11. The monoisotopic (exact) mass is 485 g/mol. The molecule has 0 spiro atoms. The third kappa shape index (κ3) is 4.35. The van der Waals surface area contributed by atoms with Crippen molar-refractivity contribution in [3.8, 4) is 17.2 Å². The molecule has 1 aromatic heterocycles. The Morgan fingerprint density at radius 1 is 0.943 bits per heavy atom. The van der Waals surface area contributed by atoms with E-state index in [1.807, 2.05) is 29.2 Å². The Hall–Kier alpha value is -3.84. The Morgan fingerprint density at radius 2 is 1.71 bits per heavy atom. The molecule has 0 fully saturated rings. The fourth-order valence-corrected chi connectivity index (χ4v) is 4.99. The van der Waals surface area contributed by atoms with Gasteiger partial charge < -0.3 is 24.3 Å². The van der Waals surface area contributed by atoms with Crippen molar-refractivity contribution in [3.05, 3.63) is 102 Å². The zero-order valence-corrected chi connectivity index (χ0v) is 20.7. The van der Waals surface area contributed by atoms with Crippen LogP contribution in [0, 0.1) is 0 Å². The number of aromatic nitrogens is 1. The lowest BCUT2D eigenvalue weighted by molar-refractivity contribution is 0.194. The summed E-state index contributed by atoms with van der Waals surface area (Å²) in [4.78, 5) is 16.9. The van der Waals surface area contributed by atoms with Gasteiger partial charge in [0, 0.05) is 28.5 Å². The molecule has 35 heavy (non-hydrogen) atoms. The fourth-order valence-electron chi connectivity index (χ4n) is 4.59. The molecule has 7 heteroatoms. The second-order valence-electron chi connectivity index (χ2n) is 8.24. The first kappa shape index (κ1) is 22.9. The Bertz CT molecular complexity index is 1350. The van der Waals surface area contributed by atoms with Crippen LogP contribution < -0.4 is 14.8 Å². The van der Waals surface area contributed by atoms with Gasteiger partial charge in [-0.3, -0.25) is 0 Å². The van der Waals surface area contributed by atoms with E-state index in [1.165, 1.54) is 4.90 Å². The van der Waals surface area contributed by atoms with Crippen LogP contribution in [0.3, 0.4) is 0 Å². The topological polar surface area (TPSA) is 55.7 Å². The number of hydrogen-bond acceptors (Lipinski definition) is 4. The molecule has 0 saturated heterocycles. The Labute approximate surface area is 209 Å². The maximum atomic E-state index is 13.9.